The Bertz CT molecular complexity index is 428. The van der Waals surface area contributed by atoms with E-state index < -0.39 is 0 Å². The van der Waals surface area contributed by atoms with Gasteiger partial charge in [0, 0.05) is 26.2 Å². The van der Waals surface area contributed by atoms with Crippen molar-refractivity contribution in [3.63, 3.8) is 0 Å². The Labute approximate surface area is 128 Å². The molecule has 1 amide bonds. The van der Waals surface area contributed by atoms with Gasteiger partial charge in [0.15, 0.2) is 0 Å². The third kappa shape index (κ3) is 4.57. The van der Waals surface area contributed by atoms with Gasteiger partial charge in [-0.1, -0.05) is 30.3 Å². The maximum atomic E-state index is 12.5. The van der Waals surface area contributed by atoms with Crippen molar-refractivity contribution in [2.45, 2.75) is 33.1 Å². The highest BCUT2D eigenvalue weighted by Crippen LogP contribution is 2.19. The van der Waals surface area contributed by atoms with Crippen LogP contribution in [0.15, 0.2) is 30.3 Å². The van der Waals surface area contributed by atoms with Gasteiger partial charge in [0.2, 0.25) is 5.91 Å². The van der Waals surface area contributed by atoms with Crippen LogP contribution in [0.1, 0.15) is 32.3 Å². The largest absolute Gasteiger partial charge is 0.343 e. The highest BCUT2D eigenvalue weighted by Gasteiger charge is 2.27. The molecule has 0 aliphatic carbocycles. The molecule has 1 aliphatic rings. The average Bonchev–Trinajstić information content (AvgIpc) is 2.55. The van der Waals surface area contributed by atoms with Crippen LogP contribution in [0.5, 0.6) is 0 Å². The normalized spacial score (nSPS) is 19.4. The van der Waals surface area contributed by atoms with E-state index in [9.17, 15) is 4.79 Å². The second-order valence-corrected chi connectivity index (χ2v) is 5.89. The van der Waals surface area contributed by atoms with Crippen LogP contribution in [-0.2, 0) is 11.2 Å². The number of piperidine rings is 1. The summed E-state index contributed by atoms with van der Waals surface area (Å²) >= 11 is 0. The maximum absolute atomic E-state index is 12.5. The van der Waals surface area contributed by atoms with Crippen molar-refractivity contribution in [2.75, 3.05) is 32.7 Å². The molecule has 1 saturated heterocycles. The number of hydrogen-bond acceptors (Lipinski definition) is 2. The Kier molecular flexibility index (Phi) is 6.24. The summed E-state index contributed by atoms with van der Waals surface area (Å²) in [6.45, 7) is 8.92. The number of benzene rings is 1. The summed E-state index contributed by atoms with van der Waals surface area (Å²) in [6.07, 6.45) is 3.27. The number of rotatable bonds is 6. The lowest BCUT2D eigenvalue weighted by atomic mass is 9.96. The zero-order chi connectivity index (χ0) is 15.1. The molecule has 1 aromatic rings. The zero-order valence-electron chi connectivity index (χ0n) is 13.4. The number of carbonyl (C=O) groups is 1. The van der Waals surface area contributed by atoms with Crippen molar-refractivity contribution < 1.29 is 4.79 Å². The molecule has 0 aromatic heterocycles. The lowest BCUT2D eigenvalue weighted by molar-refractivity contribution is -0.136. The summed E-state index contributed by atoms with van der Waals surface area (Å²) in [7, 11) is 0. The second kappa shape index (κ2) is 8.18. The summed E-state index contributed by atoms with van der Waals surface area (Å²) in [5.74, 6) is 0.554. The van der Waals surface area contributed by atoms with Gasteiger partial charge in [0.25, 0.3) is 0 Å². The summed E-state index contributed by atoms with van der Waals surface area (Å²) in [5.41, 5.74) is 1.38. The maximum Gasteiger partial charge on any atom is 0.226 e. The highest BCUT2D eigenvalue weighted by molar-refractivity contribution is 5.79. The van der Waals surface area contributed by atoms with Gasteiger partial charge in [0.05, 0.1) is 5.92 Å². The molecule has 1 heterocycles. The summed E-state index contributed by atoms with van der Waals surface area (Å²) in [4.78, 5) is 16.9. The first-order valence-electron chi connectivity index (χ1n) is 8.29. The van der Waals surface area contributed by atoms with Crippen molar-refractivity contribution in [1.29, 1.82) is 0 Å². The van der Waals surface area contributed by atoms with Gasteiger partial charge in [0.1, 0.15) is 0 Å². The molecule has 1 atom stereocenters. The number of amides is 1. The van der Waals surface area contributed by atoms with Gasteiger partial charge >= 0.3 is 0 Å². The average molecular weight is 288 g/mol. The first-order chi connectivity index (χ1) is 10.2. The predicted octanol–water partition coefficient (Wildman–Crippen LogP) is 2.81. The highest BCUT2D eigenvalue weighted by atomic mass is 16.2. The third-order valence-corrected chi connectivity index (χ3v) is 4.49. The Morgan fingerprint density at radius 3 is 2.62 bits per heavy atom. The van der Waals surface area contributed by atoms with Crippen molar-refractivity contribution in [2.24, 2.45) is 5.92 Å². The van der Waals surface area contributed by atoms with Crippen LogP contribution in [0, 0.1) is 5.92 Å². The van der Waals surface area contributed by atoms with Crippen LogP contribution in [0.3, 0.4) is 0 Å². The minimum absolute atomic E-state index is 0.203. The SMILES string of the molecule is CCN(CC)C(=O)C1CCCN(CCc2ccccc2)C1. The third-order valence-electron chi connectivity index (χ3n) is 4.49. The number of likely N-dealkylation sites (tertiary alicyclic amines) is 1. The van der Waals surface area contributed by atoms with Crippen molar-refractivity contribution in [1.82, 2.24) is 9.80 Å². The van der Waals surface area contributed by atoms with Crippen molar-refractivity contribution >= 4 is 5.91 Å². The lowest BCUT2D eigenvalue weighted by Gasteiger charge is -2.34. The monoisotopic (exact) mass is 288 g/mol. The molecule has 0 N–H and O–H groups in total. The van der Waals surface area contributed by atoms with Crippen LogP contribution in [0.25, 0.3) is 0 Å². The molecule has 1 fully saturated rings. The van der Waals surface area contributed by atoms with E-state index in [-0.39, 0.29) is 5.92 Å². The van der Waals surface area contributed by atoms with Crippen molar-refractivity contribution in [3.8, 4) is 0 Å². The Morgan fingerprint density at radius 2 is 1.95 bits per heavy atom. The Morgan fingerprint density at radius 1 is 1.24 bits per heavy atom. The van der Waals surface area contributed by atoms with E-state index in [2.05, 4.69) is 49.1 Å². The van der Waals surface area contributed by atoms with E-state index in [1.54, 1.807) is 0 Å². The van der Waals surface area contributed by atoms with Gasteiger partial charge in [-0.2, -0.15) is 0 Å². The van der Waals surface area contributed by atoms with Crippen LogP contribution in [0.2, 0.25) is 0 Å². The zero-order valence-corrected chi connectivity index (χ0v) is 13.4. The van der Waals surface area contributed by atoms with Crippen LogP contribution in [-0.4, -0.2) is 48.4 Å². The fourth-order valence-electron chi connectivity index (χ4n) is 3.19. The van der Waals surface area contributed by atoms with E-state index >= 15 is 0 Å². The predicted molar refractivity (Wildman–Crippen MR) is 87.2 cm³/mol. The van der Waals surface area contributed by atoms with E-state index in [0.29, 0.717) is 5.91 Å². The quantitative estimate of drug-likeness (QED) is 0.803. The standard InChI is InChI=1S/C18H28N2O/c1-3-20(4-2)18(21)17-11-8-13-19(15-17)14-12-16-9-6-5-7-10-16/h5-7,9-10,17H,3-4,8,11-15H2,1-2H3. The van der Waals surface area contributed by atoms with Gasteiger partial charge in [-0.3, -0.25) is 4.79 Å². The van der Waals surface area contributed by atoms with E-state index in [1.807, 2.05) is 4.90 Å². The molecule has 0 saturated carbocycles. The molecule has 1 aromatic carbocycles. The van der Waals surface area contributed by atoms with E-state index in [4.69, 9.17) is 0 Å². The number of carbonyl (C=O) groups excluding carboxylic acids is 1. The molecular formula is C18H28N2O. The topological polar surface area (TPSA) is 23.6 Å². The number of hydrogen-bond donors (Lipinski definition) is 0. The van der Waals surface area contributed by atoms with Crippen LogP contribution >= 0.6 is 0 Å². The van der Waals surface area contributed by atoms with Crippen LogP contribution < -0.4 is 0 Å². The smallest absolute Gasteiger partial charge is 0.226 e. The molecule has 0 bridgehead atoms. The van der Waals surface area contributed by atoms with E-state index in [1.165, 1.54) is 5.56 Å². The molecule has 0 spiro atoms. The molecule has 21 heavy (non-hydrogen) atoms. The molecule has 3 nitrogen and oxygen atoms in total. The van der Waals surface area contributed by atoms with Crippen LogP contribution in [0.4, 0.5) is 0 Å². The Balaban J connectivity index is 1.84. The minimum atomic E-state index is 0.203. The fraction of sp³-hybridized carbons (Fsp3) is 0.611. The molecule has 1 unspecified atom stereocenters. The van der Waals surface area contributed by atoms with Gasteiger partial charge in [-0.05, 0) is 45.2 Å². The molecule has 3 heteroatoms. The molecular weight excluding hydrogens is 260 g/mol. The van der Waals surface area contributed by atoms with Crippen molar-refractivity contribution in [3.05, 3.63) is 35.9 Å². The summed E-state index contributed by atoms with van der Waals surface area (Å²) in [5, 5.41) is 0. The summed E-state index contributed by atoms with van der Waals surface area (Å²) in [6, 6.07) is 10.6. The van der Waals surface area contributed by atoms with E-state index in [0.717, 1.165) is 52.0 Å². The Hall–Kier alpha value is -1.35. The molecule has 0 radical (unpaired) electrons. The first kappa shape index (κ1) is 16.0. The number of nitrogens with zero attached hydrogens (tertiary/aromatic N) is 2. The summed E-state index contributed by atoms with van der Waals surface area (Å²) < 4.78 is 0. The lowest BCUT2D eigenvalue weighted by Crippen LogP contribution is -2.45. The fourth-order valence-corrected chi connectivity index (χ4v) is 3.19. The van der Waals surface area contributed by atoms with Gasteiger partial charge in [-0.25, -0.2) is 0 Å². The second-order valence-electron chi connectivity index (χ2n) is 5.89. The van der Waals surface area contributed by atoms with Gasteiger partial charge in [-0.15, -0.1) is 0 Å². The molecule has 1 aliphatic heterocycles. The minimum Gasteiger partial charge on any atom is -0.343 e. The molecule has 116 valence electrons. The molecule has 2 rings (SSSR count). The van der Waals surface area contributed by atoms with Gasteiger partial charge < -0.3 is 9.80 Å². The first-order valence-corrected chi connectivity index (χ1v) is 8.29.